The van der Waals surface area contributed by atoms with Crippen LogP contribution >= 0.6 is 11.6 Å². The molecule has 0 aliphatic heterocycles. The largest absolute Gasteiger partial charge is 0.127 e. The van der Waals surface area contributed by atoms with E-state index in [1.165, 1.54) is 0 Å². The first-order valence-electron chi connectivity index (χ1n) is 3.24. The molecule has 1 atom stereocenters. The molecule has 0 fully saturated rings. The summed E-state index contributed by atoms with van der Waals surface area (Å²) in [5, 5.41) is 0. The van der Waals surface area contributed by atoms with Gasteiger partial charge in [-0.05, 0) is 18.3 Å². The fourth-order valence-electron chi connectivity index (χ4n) is 0.505. The molecular weight excluding hydrogens is 120 g/mol. The molecule has 0 aromatic rings. The molecule has 1 unspecified atom stereocenters. The van der Waals surface area contributed by atoms with Crippen molar-refractivity contribution in [1.82, 2.24) is 0 Å². The van der Waals surface area contributed by atoms with E-state index in [1.54, 1.807) is 0 Å². The van der Waals surface area contributed by atoms with Gasteiger partial charge in [0.15, 0.2) is 0 Å². The average molecular weight is 135 g/mol. The van der Waals surface area contributed by atoms with Crippen molar-refractivity contribution in [1.29, 1.82) is 0 Å². The molecule has 0 saturated heterocycles. The third kappa shape index (κ3) is 3.31. The van der Waals surface area contributed by atoms with E-state index in [0.717, 1.165) is 24.1 Å². The van der Waals surface area contributed by atoms with Gasteiger partial charge in [-0.25, -0.2) is 0 Å². The van der Waals surface area contributed by atoms with E-state index >= 15 is 0 Å². The third-order valence-electron chi connectivity index (χ3n) is 1.70. The van der Waals surface area contributed by atoms with Crippen molar-refractivity contribution in [3.63, 3.8) is 0 Å². The lowest BCUT2D eigenvalue weighted by Crippen LogP contribution is -2.03. The Morgan fingerprint density at radius 1 is 1.25 bits per heavy atom. The summed E-state index contributed by atoms with van der Waals surface area (Å²) in [6.45, 7) is 6.71. The van der Waals surface area contributed by atoms with Crippen LogP contribution in [-0.2, 0) is 0 Å². The molecule has 0 aromatic heterocycles. The third-order valence-corrected chi connectivity index (χ3v) is 1.92. The molecule has 0 aliphatic carbocycles. The van der Waals surface area contributed by atoms with Crippen molar-refractivity contribution in [3.05, 3.63) is 0 Å². The zero-order valence-electron chi connectivity index (χ0n) is 5.95. The minimum absolute atomic E-state index is 0.785. The fourth-order valence-corrected chi connectivity index (χ4v) is 0.850. The molecular formula is C7H15Cl. The Balaban J connectivity index is 3.17. The Morgan fingerprint density at radius 2 is 1.75 bits per heavy atom. The van der Waals surface area contributed by atoms with E-state index in [4.69, 9.17) is 11.6 Å². The molecule has 0 radical (unpaired) electrons. The van der Waals surface area contributed by atoms with Gasteiger partial charge in [-0.2, -0.15) is 0 Å². The molecule has 50 valence electrons. The van der Waals surface area contributed by atoms with Crippen LogP contribution in [0, 0.1) is 11.8 Å². The summed E-state index contributed by atoms with van der Waals surface area (Å²) in [6, 6.07) is 0. The second-order valence-corrected chi connectivity index (χ2v) is 3.08. The lowest BCUT2D eigenvalue weighted by molar-refractivity contribution is 0.409. The standard InChI is InChI=1S/C7H15Cl/c1-6(2)7(3)4-5-8/h6-7H,4-5H2,1-3H3. The van der Waals surface area contributed by atoms with Crippen molar-refractivity contribution in [2.45, 2.75) is 27.2 Å². The van der Waals surface area contributed by atoms with Gasteiger partial charge < -0.3 is 0 Å². The lowest BCUT2D eigenvalue weighted by atomic mass is 9.96. The quantitative estimate of drug-likeness (QED) is 0.521. The first-order valence-corrected chi connectivity index (χ1v) is 3.78. The maximum atomic E-state index is 5.54. The van der Waals surface area contributed by atoms with Crippen molar-refractivity contribution in [2.75, 3.05) is 5.88 Å². The normalized spacial score (nSPS) is 14.6. The van der Waals surface area contributed by atoms with Crippen molar-refractivity contribution < 1.29 is 0 Å². The second kappa shape index (κ2) is 4.20. The van der Waals surface area contributed by atoms with Gasteiger partial charge in [0.1, 0.15) is 0 Å². The number of alkyl halides is 1. The van der Waals surface area contributed by atoms with Gasteiger partial charge in [-0.1, -0.05) is 20.8 Å². The smallest absolute Gasteiger partial charge is 0.0226 e. The lowest BCUT2D eigenvalue weighted by Gasteiger charge is -2.12. The molecule has 0 nitrogen and oxygen atoms in total. The van der Waals surface area contributed by atoms with Gasteiger partial charge in [-0.3, -0.25) is 0 Å². The van der Waals surface area contributed by atoms with Crippen LogP contribution in [0.5, 0.6) is 0 Å². The predicted molar refractivity (Wildman–Crippen MR) is 39.3 cm³/mol. The number of hydrogen-bond donors (Lipinski definition) is 0. The highest BCUT2D eigenvalue weighted by Crippen LogP contribution is 2.13. The van der Waals surface area contributed by atoms with E-state index in [-0.39, 0.29) is 0 Å². The Hall–Kier alpha value is 0.290. The van der Waals surface area contributed by atoms with Gasteiger partial charge >= 0.3 is 0 Å². The second-order valence-electron chi connectivity index (χ2n) is 2.70. The van der Waals surface area contributed by atoms with Gasteiger partial charge in [0.05, 0.1) is 0 Å². The number of rotatable bonds is 3. The molecule has 0 N–H and O–H groups in total. The highest BCUT2D eigenvalue weighted by Gasteiger charge is 2.04. The van der Waals surface area contributed by atoms with Crippen molar-refractivity contribution in [2.24, 2.45) is 11.8 Å². The van der Waals surface area contributed by atoms with E-state index in [9.17, 15) is 0 Å². The molecule has 8 heavy (non-hydrogen) atoms. The Kier molecular flexibility index (Phi) is 4.35. The maximum Gasteiger partial charge on any atom is 0.0226 e. The summed E-state index contributed by atoms with van der Waals surface area (Å²) >= 11 is 5.54. The topological polar surface area (TPSA) is 0 Å². The summed E-state index contributed by atoms with van der Waals surface area (Å²) < 4.78 is 0. The van der Waals surface area contributed by atoms with Crippen LogP contribution in [0.1, 0.15) is 27.2 Å². The zero-order chi connectivity index (χ0) is 6.57. The minimum Gasteiger partial charge on any atom is -0.127 e. The van der Waals surface area contributed by atoms with Crippen LogP contribution in [0.15, 0.2) is 0 Å². The van der Waals surface area contributed by atoms with Crippen molar-refractivity contribution in [3.8, 4) is 0 Å². The summed E-state index contributed by atoms with van der Waals surface area (Å²) in [5.41, 5.74) is 0. The van der Waals surface area contributed by atoms with Gasteiger partial charge in [0.25, 0.3) is 0 Å². The van der Waals surface area contributed by atoms with Crippen LogP contribution < -0.4 is 0 Å². The molecule has 0 bridgehead atoms. The van der Waals surface area contributed by atoms with Gasteiger partial charge in [0.2, 0.25) is 0 Å². The summed E-state index contributed by atoms with van der Waals surface area (Å²) in [7, 11) is 0. The molecule has 0 aliphatic rings. The molecule has 0 heterocycles. The monoisotopic (exact) mass is 134 g/mol. The predicted octanol–water partition coefficient (Wildman–Crippen LogP) is 2.91. The zero-order valence-corrected chi connectivity index (χ0v) is 6.70. The molecule has 0 amide bonds. The van der Waals surface area contributed by atoms with Gasteiger partial charge in [-0.15, -0.1) is 11.6 Å². The molecule has 0 spiro atoms. The number of hydrogen-bond acceptors (Lipinski definition) is 0. The maximum absolute atomic E-state index is 5.54. The van der Waals surface area contributed by atoms with Gasteiger partial charge in [0, 0.05) is 5.88 Å². The minimum atomic E-state index is 0.785. The van der Waals surface area contributed by atoms with Crippen LogP contribution in [0.2, 0.25) is 0 Å². The Labute approximate surface area is 57.2 Å². The summed E-state index contributed by atoms with van der Waals surface area (Å²) in [4.78, 5) is 0. The van der Waals surface area contributed by atoms with Crippen LogP contribution in [0.4, 0.5) is 0 Å². The Bertz CT molecular complexity index is 50.3. The van der Waals surface area contributed by atoms with Crippen LogP contribution in [0.25, 0.3) is 0 Å². The van der Waals surface area contributed by atoms with E-state index < -0.39 is 0 Å². The fraction of sp³-hybridized carbons (Fsp3) is 1.00. The van der Waals surface area contributed by atoms with E-state index in [1.807, 2.05) is 0 Å². The molecule has 0 aromatic carbocycles. The average Bonchev–Trinajstić information content (AvgIpc) is 1.67. The van der Waals surface area contributed by atoms with Crippen molar-refractivity contribution >= 4 is 11.6 Å². The Morgan fingerprint density at radius 3 is 1.88 bits per heavy atom. The summed E-state index contributed by atoms with van der Waals surface area (Å²) in [6.07, 6.45) is 1.15. The molecule has 0 saturated carbocycles. The summed E-state index contributed by atoms with van der Waals surface area (Å²) in [5.74, 6) is 2.38. The highest BCUT2D eigenvalue weighted by atomic mass is 35.5. The molecule has 1 heteroatoms. The van der Waals surface area contributed by atoms with E-state index in [0.29, 0.717) is 0 Å². The first kappa shape index (κ1) is 8.29. The van der Waals surface area contributed by atoms with Crippen LogP contribution in [-0.4, -0.2) is 5.88 Å². The number of halogens is 1. The van der Waals surface area contributed by atoms with Crippen LogP contribution in [0.3, 0.4) is 0 Å². The SMILES string of the molecule is CC(C)C(C)CCCl. The first-order chi connectivity index (χ1) is 3.68. The van der Waals surface area contributed by atoms with E-state index in [2.05, 4.69) is 20.8 Å². The molecule has 0 rings (SSSR count). The highest BCUT2D eigenvalue weighted by molar-refractivity contribution is 6.17.